The van der Waals surface area contributed by atoms with Gasteiger partial charge in [-0.15, -0.1) is 0 Å². The number of amides is 1. The van der Waals surface area contributed by atoms with Gasteiger partial charge in [0.15, 0.2) is 0 Å². The van der Waals surface area contributed by atoms with Gasteiger partial charge < -0.3 is 19.9 Å². The quantitative estimate of drug-likeness (QED) is 0.695. The molecular weight excluding hydrogens is 374 g/mol. The number of carbonyl (C=O) groups excluding carboxylic acids is 1. The van der Waals surface area contributed by atoms with Crippen LogP contribution in [0.1, 0.15) is 22.8 Å². The molecular formula is C21H25N3O5. The van der Waals surface area contributed by atoms with Crippen molar-refractivity contribution in [3.63, 3.8) is 0 Å². The van der Waals surface area contributed by atoms with Crippen LogP contribution in [0.25, 0.3) is 0 Å². The first kappa shape index (κ1) is 20.8. The Morgan fingerprint density at radius 2 is 1.83 bits per heavy atom. The molecule has 154 valence electrons. The summed E-state index contributed by atoms with van der Waals surface area (Å²) in [5, 5.41) is 12.4. The van der Waals surface area contributed by atoms with E-state index in [-0.39, 0.29) is 12.5 Å². The lowest BCUT2D eigenvalue weighted by Crippen LogP contribution is -2.61. The smallest absolute Gasteiger partial charge is 0.325 e. The molecule has 3 rings (SSSR count). The standard InChI is InChI=1S/C21H25N3O5/c1-21(20(26)27,24-10-12-28-13-11-24)15-23-19(25)17-2-4-18(5-3-17)29-14-16-6-8-22-9-7-16/h2-9H,10-15H2,1H3,(H,23,25)(H,26,27)/t21-/m0/s1. The van der Waals surface area contributed by atoms with Gasteiger partial charge in [0.05, 0.1) is 13.2 Å². The normalized spacial score (nSPS) is 16.6. The molecule has 0 radical (unpaired) electrons. The second kappa shape index (κ2) is 9.49. The van der Waals surface area contributed by atoms with Crippen molar-refractivity contribution in [1.29, 1.82) is 0 Å². The Bertz CT molecular complexity index is 822. The third kappa shape index (κ3) is 5.30. The fourth-order valence-corrected chi connectivity index (χ4v) is 3.08. The van der Waals surface area contributed by atoms with Crippen molar-refractivity contribution in [3.8, 4) is 5.75 Å². The first-order valence-corrected chi connectivity index (χ1v) is 9.45. The van der Waals surface area contributed by atoms with E-state index in [2.05, 4.69) is 10.3 Å². The topological polar surface area (TPSA) is 101 Å². The van der Waals surface area contributed by atoms with Gasteiger partial charge in [-0.2, -0.15) is 0 Å². The van der Waals surface area contributed by atoms with Crippen molar-refractivity contribution in [2.45, 2.75) is 19.1 Å². The van der Waals surface area contributed by atoms with Crippen LogP contribution in [0.4, 0.5) is 0 Å². The number of carbonyl (C=O) groups is 2. The van der Waals surface area contributed by atoms with Crippen LogP contribution < -0.4 is 10.1 Å². The van der Waals surface area contributed by atoms with Crippen molar-refractivity contribution < 1.29 is 24.2 Å². The van der Waals surface area contributed by atoms with E-state index in [0.717, 1.165) is 5.56 Å². The van der Waals surface area contributed by atoms with E-state index < -0.39 is 11.5 Å². The number of aromatic nitrogens is 1. The first-order chi connectivity index (χ1) is 14.0. The molecule has 0 bridgehead atoms. The number of morpholine rings is 1. The highest BCUT2D eigenvalue weighted by atomic mass is 16.5. The third-order valence-corrected chi connectivity index (χ3v) is 5.03. The molecule has 0 spiro atoms. The van der Waals surface area contributed by atoms with E-state index in [1.165, 1.54) is 0 Å². The van der Waals surface area contributed by atoms with Gasteiger partial charge in [-0.25, -0.2) is 0 Å². The minimum atomic E-state index is -1.19. The Morgan fingerprint density at radius 3 is 2.45 bits per heavy atom. The van der Waals surface area contributed by atoms with Gasteiger partial charge in [-0.3, -0.25) is 19.5 Å². The third-order valence-electron chi connectivity index (χ3n) is 5.03. The summed E-state index contributed by atoms with van der Waals surface area (Å²) in [5.74, 6) is -0.659. The predicted octanol–water partition coefficient (Wildman–Crippen LogP) is 1.57. The van der Waals surface area contributed by atoms with Crippen molar-refractivity contribution in [1.82, 2.24) is 15.2 Å². The number of nitrogens with one attached hydrogen (secondary N) is 1. The van der Waals surface area contributed by atoms with Crippen LogP contribution in [0.3, 0.4) is 0 Å². The summed E-state index contributed by atoms with van der Waals surface area (Å²) in [6, 6.07) is 10.5. The number of aliphatic carboxylic acids is 1. The fourth-order valence-electron chi connectivity index (χ4n) is 3.08. The van der Waals surface area contributed by atoms with Gasteiger partial charge in [-0.05, 0) is 48.9 Å². The van der Waals surface area contributed by atoms with Crippen molar-refractivity contribution in [3.05, 3.63) is 59.9 Å². The number of carboxylic acid groups (broad SMARTS) is 1. The van der Waals surface area contributed by atoms with E-state index in [0.29, 0.717) is 44.2 Å². The van der Waals surface area contributed by atoms with Crippen LogP contribution in [0.5, 0.6) is 5.75 Å². The highest BCUT2D eigenvalue weighted by molar-refractivity contribution is 5.94. The van der Waals surface area contributed by atoms with E-state index in [4.69, 9.17) is 9.47 Å². The highest BCUT2D eigenvalue weighted by Gasteiger charge is 2.40. The number of ether oxygens (including phenoxy) is 2. The average molecular weight is 399 g/mol. The van der Waals surface area contributed by atoms with Crippen molar-refractivity contribution in [2.24, 2.45) is 0 Å². The number of carboxylic acids is 1. The van der Waals surface area contributed by atoms with E-state index in [1.807, 2.05) is 17.0 Å². The summed E-state index contributed by atoms with van der Waals surface area (Å²) < 4.78 is 11.0. The monoisotopic (exact) mass is 399 g/mol. The summed E-state index contributed by atoms with van der Waals surface area (Å²) in [6.45, 7) is 4.03. The second-order valence-electron chi connectivity index (χ2n) is 7.03. The molecule has 1 aliphatic rings. The van der Waals surface area contributed by atoms with Crippen LogP contribution in [-0.4, -0.2) is 65.3 Å². The predicted molar refractivity (Wildman–Crippen MR) is 106 cm³/mol. The molecule has 1 fully saturated rings. The Morgan fingerprint density at radius 1 is 1.17 bits per heavy atom. The fraction of sp³-hybridized carbons (Fsp3) is 0.381. The largest absolute Gasteiger partial charge is 0.489 e. The minimum Gasteiger partial charge on any atom is -0.489 e. The molecule has 8 nitrogen and oxygen atoms in total. The van der Waals surface area contributed by atoms with Crippen molar-refractivity contribution in [2.75, 3.05) is 32.8 Å². The number of pyridine rings is 1. The molecule has 0 saturated carbocycles. The molecule has 1 amide bonds. The molecule has 1 aliphatic heterocycles. The molecule has 2 N–H and O–H groups in total. The Hall–Kier alpha value is -2.97. The summed E-state index contributed by atoms with van der Waals surface area (Å²) in [6.07, 6.45) is 3.40. The molecule has 2 aromatic rings. The van der Waals surface area contributed by atoms with Gasteiger partial charge in [-0.1, -0.05) is 0 Å². The average Bonchev–Trinajstić information content (AvgIpc) is 2.77. The van der Waals surface area contributed by atoms with Crippen LogP contribution in [0, 0.1) is 0 Å². The molecule has 1 atom stereocenters. The highest BCUT2D eigenvalue weighted by Crippen LogP contribution is 2.18. The Labute approximate surface area is 169 Å². The van der Waals surface area contributed by atoms with Crippen LogP contribution in [0.2, 0.25) is 0 Å². The Balaban J connectivity index is 1.56. The maximum atomic E-state index is 12.5. The molecule has 2 heterocycles. The molecule has 29 heavy (non-hydrogen) atoms. The maximum absolute atomic E-state index is 12.5. The zero-order valence-electron chi connectivity index (χ0n) is 16.3. The van der Waals surface area contributed by atoms with Gasteiger partial charge in [0, 0.05) is 37.6 Å². The zero-order chi connectivity index (χ0) is 20.7. The summed E-state index contributed by atoms with van der Waals surface area (Å²) in [4.78, 5) is 30.1. The Kier molecular flexibility index (Phi) is 6.79. The second-order valence-corrected chi connectivity index (χ2v) is 7.03. The number of benzene rings is 1. The van der Waals surface area contributed by atoms with Crippen LogP contribution in [0.15, 0.2) is 48.8 Å². The van der Waals surface area contributed by atoms with Gasteiger partial charge in [0.25, 0.3) is 5.91 Å². The van der Waals surface area contributed by atoms with Gasteiger partial charge >= 0.3 is 5.97 Å². The lowest BCUT2D eigenvalue weighted by atomic mass is 9.99. The minimum absolute atomic E-state index is 0.00145. The molecule has 8 heteroatoms. The molecule has 1 aromatic carbocycles. The number of hydrogen-bond acceptors (Lipinski definition) is 6. The van der Waals surface area contributed by atoms with Crippen LogP contribution >= 0.6 is 0 Å². The lowest BCUT2D eigenvalue weighted by molar-refractivity contribution is -0.153. The van der Waals surface area contributed by atoms with Gasteiger partial charge in [0.2, 0.25) is 0 Å². The number of hydrogen-bond donors (Lipinski definition) is 2. The molecule has 1 saturated heterocycles. The summed E-state index contributed by atoms with van der Waals surface area (Å²) in [7, 11) is 0. The van der Waals surface area contributed by atoms with Crippen LogP contribution in [-0.2, 0) is 16.1 Å². The zero-order valence-corrected chi connectivity index (χ0v) is 16.3. The number of rotatable bonds is 8. The van der Waals surface area contributed by atoms with Crippen molar-refractivity contribution >= 4 is 11.9 Å². The molecule has 1 aromatic heterocycles. The first-order valence-electron chi connectivity index (χ1n) is 9.45. The van der Waals surface area contributed by atoms with Gasteiger partial charge in [0.1, 0.15) is 17.9 Å². The lowest BCUT2D eigenvalue weighted by Gasteiger charge is -2.40. The molecule has 0 unspecified atom stereocenters. The summed E-state index contributed by atoms with van der Waals surface area (Å²) in [5.41, 5.74) is 0.251. The SMILES string of the molecule is C[C@](CNC(=O)c1ccc(OCc2ccncc2)cc1)(C(=O)O)N1CCOCC1. The molecule has 0 aliphatic carbocycles. The number of nitrogens with zero attached hydrogens (tertiary/aromatic N) is 2. The maximum Gasteiger partial charge on any atom is 0.325 e. The summed E-state index contributed by atoms with van der Waals surface area (Å²) >= 11 is 0. The van der Waals surface area contributed by atoms with E-state index in [1.54, 1.807) is 43.6 Å². The van der Waals surface area contributed by atoms with E-state index >= 15 is 0 Å². The van der Waals surface area contributed by atoms with E-state index in [9.17, 15) is 14.7 Å².